The minimum atomic E-state index is -3.54. The lowest BCUT2D eigenvalue weighted by Crippen LogP contribution is -2.24. The number of imidazole rings is 1. The van der Waals surface area contributed by atoms with Crippen molar-refractivity contribution < 1.29 is 9.46 Å². The van der Waals surface area contributed by atoms with E-state index >= 15 is 0 Å². The Balaban J connectivity index is 2.81. The number of hydrogen-bond acceptors (Lipinski definition) is 3. The third kappa shape index (κ3) is 1.71. The zero-order valence-corrected chi connectivity index (χ0v) is 9.57. The van der Waals surface area contributed by atoms with Crippen LogP contribution in [0.5, 0.6) is 0 Å². The molecule has 1 heterocycles. The van der Waals surface area contributed by atoms with Crippen molar-refractivity contribution in [1.82, 2.24) is 9.55 Å². The summed E-state index contributed by atoms with van der Waals surface area (Å²) in [5.74, 6) is 0. The Kier molecular flexibility index (Phi) is 2.41. The second-order valence-corrected chi connectivity index (χ2v) is 5.58. The van der Waals surface area contributed by atoms with E-state index in [1.54, 1.807) is 4.57 Å². The Bertz CT molecular complexity index is 541. The molecule has 0 spiro atoms. The molecule has 0 bridgehead atoms. The van der Waals surface area contributed by atoms with Crippen LogP contribution in [0.2, 0.25) is 0 Å². The van der Waals surface area contributed by atoms with E-state index in [0.717, 1.165) is 11.0 Å². The lowest BCUT2D eigenvalue weighted by molar-refractivity contribution is -0.170. The first kappa shape index (κ1) is 10.4. The van der Waals surface area contributed by atoms with Crippen molar-refractivity contribution >= 4 is 24.0 Å². The third-order valence-electron chi connectivity index (χ3n) is 2.31. The quantitative estimate of drug-likeness (QED) is 0.712. The Hall–Kier alpha value is -1.12. The highest BCUT2D eigenvalue weighted by Gasteiger charge is 2.15. The zero-order valence-electron chi connectivity index (χ0n) is 8.67. The highest BCUT2D eigenvalue weighted by Crippen LogP contribution is 2.29. The molecule has 4 nitrogen and oxygen atoms in total. The maximum atomic E-state index is 11.5. The molecule has 0 amide bonds. The lowest BCUT2D eigenvalue weighted by Gasteiger charge is -2.17. The fourth-order valence-corrected chi connectivity index (χ4v) is 2.66. The van der Waals surface area contributed by atoms with Gasteiger partial charge < -0.3 is 14.0 Å². The molecule has 1 atom stereocenters. The summed E-state index contributed by atoms with van der Waals surface area (Å²) in [6.07, 6.45) is 0. The van der Waals surface area contributed by atoms with Crippen LogP contribution in [0.25, 0.3) is 11.0 Å². The third-order valence-corrected chi connectivity index (χ3v) is 3.38. The average molecular weight is 223 g/mol. The molecule has 0 radical (unpaired) electrons. The summed E-state index contributed by atoms with van der Waals surface area (Å²) in [5, 5.41) is 0. The summed E-state index contributed by atoms with van der Waals surface area (Å²) in [5.41, 5.74) is 1.77. The van der Waals surface area contributed by atoms with Gasteiger partial charge in [-0.05, 0) is 25.7 Å². The molecule has 15 heavy (non-hydrogen) atoms. The normalized spacial score (nSPS) is 15.4. The maximum Gasteiger partial charge on any atom is 0.155 e. The van der Waals surface area contributed by atoms with Crippen molar-refractivity contribution in [3.05, 3.63) is 24.3 Å². The molecule has 0 aliphatic heterocycles. The summed E-state index contributed by atoms with van der Waals surface area (Å²) in [6.45, 7) is 3.73. The molecule has 0 saturated heterocycles. The Morgan fingerprint density at radius 3 is 2.73 bits per heavy atom. The summed E-state index contributed by atoms with van der Waals surface area (Å²) < 4.78 is 13.3. The Morgan fingerprint density at radius 1 is 1.47 bits per heavy atom. The van der Waals surface area contributed by atoms with Gasteiger partial charge in [0, 0.05) is 6.54 Å². The van der Waals surface area contributed by atoms with Crippen molar-refractivity contribution in [1.29, 1.82) is 0 Å². The van der Waals surface area contributed by atoms with Crippen LogP contribution in [0.3, 0.4) is 0 Å². The number of hydrogen-bond donors (Lipinski definition) is 0. The van der Waals surface area contributed by atoms with Crippen molar-refractivity contribution in [2.24, 2.45) is 0 Å². The second kappa shape index (κ2) is 3.47. The highest BCUT2D eigenvalue weighted by atomic mass is 31.2. The molecule has 5 heteroatoms. The van der Waals surface area contributed by atoms with E-state index in [1.807, 2.05) is 31.2 Å². The molecule has 0 fully saturated rings. The van der Waals surface area contributed by atoms with E-state index in [-0.39, 0.29) is 5.57 Å². The van der Waals surface area contributed by atoms with Gasteiger partial charge in [-0.1, -0.05) is 12.1 Å². The number of para-hydroxylation sites is 2. The van der Waals surface area contributed by atoms with E-state index in [1.165, 1.54) is 6.66 Å². The van der Waals surface area contributed by atoms with Crippen LogP contribution < -0.4 is 10.5 Å². The molecular formula is C10H12N2O2P-. The predicted molar refractivity (Wildman–Crippen MR) is 58.6 cm³/mol. The van der Waals surface area contributed by atoms with Gasteiger partial charge in [-0.2, -0.15) is 0 Å². The fourth-order valence-electron chi connectivity index (χ4n) is 1.68. The molecule has 1 aromatic carbocycles. The summed E-state index contributed by atoms with van der Waals surface area (Å²) in [4.78, 5) is 15.7. The average Bonchev–Trinajstić information content (AvgIpc) is 2.55. The van der Waals surface area contributed by atoms with Gasteiger partial charge in [-0.3, -0.25) is 0 Å². The number of rotatable bonds is 2. The lowest BCUT2D eigenvalue weighted by atomic mass is 10.3. The van der Waals surface area contributed by atoms with Crippen LogP contribution in [0.15, 0.2) is 24.3 Å². The minimum Gasteiger partial charge on any atom is -0.794 e. The number of aryl methyl sites for hydroxylation is 1. The monoisotopic (exact) mass is 223 g/mol. The second-order valence-electron chi connectivity index (χ2n) is 3.49. The number of benzene rings is 1. The number of fused-ring (bicyclic) bond motifs is 1. The standard InChI is InChI=1S/C10H13N2O2P/c1-3-12-9-7-5-4-6-8(9)11-10(12)15(2,13)14/h4-7H,3H2,1-2H3,(H,13,14)/p-1. The first-order chi connectivity index (χ1) is 7.04. The molecule has 2 rings (SSSR count). The van der Waals surface area contributed by atoms with Gasteiger partial charge in [0.05, 0.1) is 18.4 Å². The highest BCUT2D eigenvalue weighted by molar-refractivity contribution is 7.63. The van der Waals surface area contributed by atoms with Gasteiger partial charge >= 0.3 is 0 Å². The van der Waals surface area contributed by atoms with Crippen molar-refractivity contribution in [2.75, 3.05) is 6.66 Å². The predicted octanol–water partition coefficient (Wildman–Crippen LogP) is 0.950. The van der Waals surface area contributed by atoms with E-state index in [4.69, 9.17) is 0 Å². The summed E-state index contributed by atoms with van der Waals surface area (Å²) in [6, 6.07) is 7.43. The molecular weight excluding hydrogens is 211 g/mol. The number of nitrogens with zero attached hydrogens (tertiary/aromatic N) is 2. The molecule has 0 N–H and O–H groups in total. The van der Waals surface area contributed by atoms with Gasteiger partial charge in [0.2, 0.25) is 0 Å². The molecule has 80 valence electrons. The van der Waals surface area contributed by atoms with E-state index in [9.17, 15) is 9.46 Å². The minimum absolute atomic E-state index is 0.172. The van der Waals surface area contributed by atoms with E-state index < -0.39 is 7.37 Å². The zero-order chi connectivity index (χ0) is 11.1. The van der Waals surface area contributed by atoms with Crippen LogP contribution in [0.4, 0.5) is 0 Å². The molecule has 1 unspecified atom stereocenters. The van der Waals surface area contributed by atoms with Crippen molar-refractivity contribution in [3.63, 3.8) is 0 Å². The van der Waals surface area contributed by atoms with Gasteiger partial charge in [-0.25, -0.2) is 4.98 Å². The molecule has 0 aliphatic rings. The smallest absolute Gasteiger partial charge is 0.155 e. The van der Waals surface area contributed by atoms with Crippen LogP contribution >= 0.6 is 7.37 Å². The molecule has 1 aromatic heterocycles. The number of aromatic nitrogens is 2. The van der Waals surface area contributed by atoms with Gasteiger partial charge in [0.1, 0.15) is 0 Å². The van der Waals surface area contributed by atoms with Crippen LogP contribution in [0.1, 0.15) is 6.92 Å². The first-order valence-corrected chi connectivity index (χ1v) is 6.85. The van der Waals surface area contributed by atoms with Gasteiger partial charge in [-0.15, -0.1) is 0 Å². The van der Waals surface area contributed by atoms with Crippen LogP contribution in [0, 0.1) is 0 Å². The first-order valence-electron chi connectivity index (χ1n) is 4.78. The van der Waals surface area contributed by atoms with Crippen molar-refractivity contribution in [2.45, 2.75) is 13.5 Å². The SMILES string of the molecule is CCn1c(P(C)(=O)[O-])nc2ccccc21. The molecule has 0 aliphatic carbocycles. The topological polar surface area (TPSA) is 58.0 Å². The maximum absolute atomic E-state index is 11.5. The molecule has 0 saturated carbocycles. The van der Waals surface area contributed by atoms with Gasteiger partial charge in [0.25, 0.3) is 0 Å². The van der Waals surface area contributed by atoms with E-state index in [2.05, 4.69) is 4.98 Å². The van der Waals surface area contributed by atoms with Crippen molar-refractivity contribution in [3.8, 4) is 0 Å². The summed E-state index contributed by atoms with van der Waals surface area (Å²) >= 11 is 0. The Labute approximate surface area is 88.0 Å². The van der Waals surface area contributed by atoms with Crippen LogP contribution in [-0.4, -0.2) is 16.2 Å². The van der Waals surface area contributed by atoms with Crippen LogP contribution in [-0.2, 0) is 11.1 Å². The Morgan fingerprint density at radius 2 is 2.13 bits per heavy atom. The van der Waals surface area contributed by atoms with Gasteiger partial charge in [0.15, 0.2) is 5.57 Å². The largest absolute Gasteiger partial charge is 0.794 e. The fraction of sp³-hybridized carbons (Fsp3) is 0.300. The molecule has 2 aromatic rings. The summed E-state index contributed by atoms with van der Waals surface area (Å²) in [7, 11) is -3.54. The van der Waals surface area contributed by atoms with E-state index in [0.29, 0.717) is 6.54 Å².